The molecule has 1 saturated heterocycles. The smallest absolute Gasteiger partial charge is 0.208 e. The summed E-state index contributed by atoms with van der Waals surface area (Å²) in [7, 11) is -7.10. The maximum absolute atomic E-state index is 12.5. The Morgan fingerprint density at radius 2 is 1.48 bits per heavy atom. The van der Waals surface area contributed by atoms with E-state index in [2.05, 4.69) is 0 Å². The monoisotopic (exact) mass is 398 g/mol. The maximum Gasteiger partial charge on any atom is 0.252 e. The highest BCUT2D eigenvalue weighted by molar-refractivity contribution is 7.92. The van der Waals surface area contributed by atoms with E-state index >= 15 is 0 Å². The van der Waals surface area contributed by atoms with Crippen LogP contribution in [0.25, 0.3) is 6.08 Å². The van der Waals surface area contributed by atoms with Crippen LogP contribution in [-0.4, -0.2) is 51.6 Å². The molecule has 0 spiro atoms. The van der Waals surface area contributed by atoms with Gasteiger partial charge in [0.25, 0.3) is 10.0 Å². The van der Waals surface area contributed by atoms with Crippen molar-refractivity contribution >= 4 is 37.5 Å². The number of rotatable bonds is 5. The molecule has 1 fully saturated rings. The number of sulfonamides is 2. The second-order valence-corrected chi connectivity index (χ2v) is 10.4. The number of nitrogens with zero attached hydrogens (tertiary/aromatic N) is 2. The van der Waals surface area contributed by atoms with Gasteiger partial charge in [-0.05, 0) is 23.1 Å². The van der Waals surface area contributed by atoms with E-state index in [9.17, 15) is 16.8 Å². The fourth-order valence-electron chi connectivity index (χ4n) is 2.52. The van der Waals surface area contributed by atoms with Gasteiger partial charge < -0.3 is 0 Å². The molecule has 9 heteroatoms. The Labute approximate surface area is 152 Å². The second kappa shape index (κ2) is 7.38. The van der Waals surface area contributed by atoms with Crippen LogP contribution in [-0.2, 0) is 20.0 Å². The Morgan fingerprint density at radius 3 is 2.08 bits per heavy atom. The number of hydrogen-bond donors (Lipinski definition) is 0. The summed E-state index contributed by atoms with van der Waals surface area (Å²) >= 11 is 1.16. The zero-order valence-corrected chi connectivity index (χ0v) is 15.8. The lowest BCUT2D eigenvalue weighted by Gasteiger charge is -2.32. The summed E-state index contributed by atoms with van der Waals surface area (Å²) in [5, 5.41) is 2.88. The Balaban J connectivity index is 1.66. The number of thiophene rings is 1. The van der Waals surface area contributed by atoms with E-state index in [-0.39, 0.29) is 30.4 Å². The van der Waals surface area contributed by atoms with E-state index in [4.69, 9.17) is 0 Å². The topological polar surface area (TPSA) is 74.8 Å². The summed E-state index contributed by atoms with van der Waals surface area (Å²) in [6, 6.07) is 12.4. The van der Waals surface area contributed by atoms with E-state index in [1.165, 1.54) is 14.0 Å². The van der Waals surface area contributed by atoms with Crippen molar-refractivity contribution in [3.8, 4) is 0 Å². The zero-order valence-electron chi connectivity index (χ0n) is 13.4. The third kappa shape index (κ3) is 4.18. The van der Waals surface area contributed by atoms with Crippen molar-refractivity contribution in [3.05, 3.63) is 58.8 Å². The molecule has 0 bridgehead atoms. The van der Waals surface area contributed by atoms with Gasteiger partial charge in [0.15, 0.2) is 0 Å². The molecular formula is C16H18N2O4S3. The van der Waals surface area contributed by atoms with Gasteiger partial charge in [-0.25, -0.2) is 16.8 Å². The van der Waals surface area contributed by atoms with Gasteiger partial charge in [0.05, 0.1) is 0 Å². The van der Waals surface area contributed by atoms with E-state index < -0.39 is 20.0 Å². The molecule has 0 saturated carbocycles. The standard InChI is InChI=1S/C16H18N2O4S3/c19-24(20,14-8-15-5-2-1-3-6-15)17-9-11-18(12-10-17)25(21,22)16-7-4-13-23-16/h1-8,13-14H,9-12H2. The van der Waals surface area contributed by atoms with Crippen LogP contribution in [0.3, 0.4) is 0 Å². The largest absolute Gasteiger partial charge is 0.252 e. The van der Waals surface area contributed by atoms with Crippen molar-refractivity contribution in [1.29, 1.82) is 0 Å². The van der Waals surface area contributed by atoms with E-state index in [1.54, 1.807) is 23.6 Å². The van der Waals surface area contributed by atoms with E-state index in [0.717, 1.165) is 16.9 Å². The van der Waals surface area contributed by atoms with Crippen LogP contribution in [0.2, 0.25) is 0 Å². The van der Waals surface area contributed by atoms with Gasteiger partial charge in [-0.2, -0.15) is 8.61 Å². The Bertz CT molecular complexity index is 929. The molecule has 0 aliphatic carbocycles. The summed E-state index contributed by atoms with van der Waals surface area (Å²) in [5.41, 5.74) is 0.796. The summed E-state index contributed by atoms with van der Waals surface area (Å²) < 4.78 is 52.7. The van der Waals surface area contributed by atoms with E-state index in [0.29, 0.717) is 0 Å². The predicted octanol–water partition coefficient (Wildman–Crippen LogP) is 2.06. The van der Waals surface area contributed by atoms with Crippen molar-refractivity contribution in [2.45, 2.75) is 4.21 Å². The van der Waals surface area contributed by atoms with Crippen molar-refractivity contribution in [3.63, 3.8) is 0 Å². The summed E-state index contributed by atoms with van der Waals surface area (Å²) in [4.78, 5) is 0. The average Bonchev–Trinajstić information content (AvgIpc) is 3.17. The molecule has 1 aliphatic rings. The lowest BCUT2D eigenvalue weighted by atomic mass is 10.2. The first kappa shape index (κ1) is 18.3. The highest BCUT2D eigenvalue weighted by atomic mass is 32.2. The molecule has 0 atom stereocenters. The SMILES string of the molecule is O=S(=O)(C=Cc1ccccc1)N1CCN(S(=O)(=O)c2cccs2)CC1. The summed E-state index contributed by atoms with van der Waals surface area (Å²) in [6.45, 7) is 0.593. The lowest BCUT2D eigenvalue weighted by Crippen LogP contribution is -2.49. The first-order valence-corrected chi connectivity index (χ1v) is 11.5. The molecule has 2 aromatic rings. The van der Waals surface area contributed by atoms with Crippen molar-refractivity contribution in [2.75, 3.05) is 26.2 Å². The lowest BCUT2D eigenvalue weighted by molar-refractivity contribution is 0.275. The molecule has 3 rings (SSSR count). The molecular weight excluding hydrogens is 380 g/mol. The normalized spacial score (nSPS) is 17.9. The zero-order chi connectivity index (χ0) is 17.9. The number of hydrogen-bond acceptors (Lipinski definition) is 5. The molecule has 0 amide bonds. The van der Waals surface area contributed by atoms with Crippen molar-refractivity contribution in [2.24, 2.45) is 0 Å². The third-order valence-corrected chi connectivity index (χ3v) is 8.72. The first-order chi connectivity index (χ1) is 11.9. The van der Waals surface area contributed by atoms with Crippen molar-refractivity contribution in [1.82, 2.24) is 8.61 Å². The molecule has 0 N–H and O–H groups in total. The van der Waals surface area contributed by atoms with Gasteiger partial charge in [0, 0.05) is 31.6 Å². The average molecular weight is 399 g/mol. The third-order valence-electron chi connectivity index (χ3n) is 3.88. The Hall–Kier alpha value is -1.52. The van der Waals surface area contributed by atoms with Gasteiger partial charge in [-0.3, -0.25) is 0 Å². The quantitative estimate of drug-likeness (QED) is 0.773. The van der Waals surface area contributed by atoms with Crippen LogP contribution in [0.4, 0.5) is 0 Å². The van der Waals surface area contributed by atoms with Gasteiger partial charge in [-0.1, -0.05) is 36.4 Å². The van der Waals surface area contributed by atoms with Crippen molar-refractivity contribution < 1.29 is 16.8 Å². The minimum absolute atomic E-state index is 0.145. The number of piperazine rings is 1. The van der Waals surface area contributed by atoms with Crippen LogP contribution in [0.1, 0.15) is 5.56 Å². The van der Waals surface area contributed by atoms with Crippen LogP contribution >= 0.6 is 11.3 Å². The molecule has 25 heavy (non-hydrogen) atoms. The second-order valence-electron chi connectivity index (χ2n) is 5.49. The molecule has 1 aliphatic heterocycles. The molecule has 1 aromatic heterocycles. The predicted molar refractivity (Wildman–Crippen MR) is 99.0 cm³/mol. The first-order valence-electron chi connectivity index (χ1n) is 7.66. The maximum atomic E-state index is 12.5. The van der Waals surface area contributed by atoms with Gasteiger partial charge in [0.1, 0.15) is 4.21 Å². The highest BCUT2D eigenvalue weighted by Crippen LogP contribution is 2.23. The van der Waals surface area contributed by atoms with E-state index in [1.807, 2.05) is 30.3 Å². The molecule has 0 unspecified atom stereocenters. The minimum Gasteiger partial charge on any atom is -0.208 e. The van der Waals surface area contributed by atoms with Gasteiger partial charge in [-0.15, -0.1) is 11.3 Å². The summed E-state index contributed by atoms with van der Waals surface area (Å²) in [5.74, 6) is 0. The molecule has 1 aromatic carbocycles. The fourth-order valence-corrected chi connectivity index (χ4v) is 6.26. The molecule has 6 nitrogen and oxygen atoms in total. The highest BCUT2D eigenvalue weighted by Gasteiger charge is 2.32. The van der Waals surface area contributed by atoms with Crippen LogP contribution in [0, 0.1) is 0 Å². The van der Waals surface area contributed by atoms with Gasteiger partial charge in [0.2, 0.25) is 10.0 Å². The van der Waals surface area contributed by atoms with Crippen LogP contribution in [0.15, 0.2) is 57.5 Å². The van der Waals surface area contributed by atoms with Crippen LogP contribution in [0.5, 0.6) is 0 Å². The summed E-state index contributed by atoms with van der Waals surface area (Å²) in [6.07, 6.45) is 1.55. The Kier molecular flexibility index (Phi) is 5.40. The minimum atomic E-state index is -3.57. The molecule has 0 radical (unpaired) electrons. The van der Waals surface area contributed by atoms with Crippen LogP contribution < -0.4 is 0 Å². The van der Waals surface area contributed by atoms with Gasteiger partial charge >= 0.3 is 0 Å². The molecule has 134 valence electrons. The number of benzene rings is 1. The fraction of sp³-hybridized carbons (Fsp3) is 0.250. The Morgan fingerprint density at radius 1 is 0.840 bits per heavy atom. The molecule has 2 heterocycles.